The van der Waals surface area contributed by atoms with Gasteiger partial charge in [0.05, 0.1) is 6.61 Å². The van der Waals surface area contributed by atoms with Crippen LogP contribution in [0.1, 0.15) is 36.8 Å². The molecule has 2 N–H and O–H groups in total. The molecular formula is C17H25F3IN3O. The van der Waals surface area contributed by atoms with Gasteiger partial charge in [-0.2, -0.15) is 13.2 Å². The van der Waals surface area contributed by atoms with Crippen molar-refractivity contribution in [1.29, 1.82) is 0 Å². The SMILES string of the molecule is CN=C(NCc1ccc(COCC(F)(F)F)cc1)NC1CCCC1.I. The van der Waals surface area contributed by atoms with Gasteiger partial charge in [0, 0.05) is 19.6 Å². The van der Waals surface area contributed by atoms with Crippen LogP contribution >= 0.6 is 24.0 Å². The fourth-order valence-corrected chi connectivity index (χ4v) is 2.68. The van der Waals surface area contributed by atoms with Crippen LogP contribution in [0.3, 0.4) is 0 Å². The normalized spacial score (nSPS) is 15.8. The van der Waals surface area contributed by atoms with E-state index in [1.54, 1.807) is 19.2 Å². The average Bonchev–Trinajstić information content (AvgIpc) is 3.04. The highest BCUT2D eigenvalue weighted by molar-refractivity contribution is 14.0. The summed E-state index contributed by atoms with van der Waals surface area (Å²) in [6, 6.07) is 7.80. The van der Waals surface area contributed by atoms with E-state index in [-0.39, 0.29) is 30.6 Å². The molecule has 1 aliphatic rings. The Kier molecular flexibility index (Phi) is 9.55. The zero-order valence-corrected chi connectivity index (χ0v) is 16.6. The number of ether oxygens (including phenoxy) is 1. The molecule has 0 aromatic heterocycles. The first-order valence-electron chi connectivity index (χ1n) is 8.16. The Labute approximate surface area is 163 Å². The van der Waals surface area contributed by atoms with E-state index in [9.17, 15) is 13.2 Å². The number of benzene rings is 1. The fraction of sp³-hybridized carbons (Fsp3) is 0.588. The third-order valence-electron chi connectivity index (χ3n) is 3.94. The molecule has 0 saturated heterocycles. The molecule has 0 bridgehead atoms. The Hall–Kier alpha value is -1.03. The largest absolute Gasteiger partial charge is 0.411 e. The maximum atomic E-state index is 12.0. The summed E-state index contributed by atoms with van der Waals surface area (Å²) in [6.07, 6.45) is 0.575. The van der Waals surface area contributed by atoms with Gasteiger partial charge in [-0.15, -0.1) is 24.0 Å². The third-order valence-corrected chi connectivity index (χ3v) is 3.94. The Morgan fingerprint density at radius 2 is 1.76 bits per heavy atom. The van der Waals surface area contributed by atoms with Crippen LogP contribution in [-0.4, -0.2) is 31.8 Å². The summed E-state index contributed by atoms with van der Waals surface area (Å²) >= 11 is 0. The van der Waals surface area contributed by atoms with E-state index in [1.807, 2.05) is 12.1 Å². The summed E-state index contributed by atoms with van der Waals surface area (Å²) in [5, 5.41) is 6.66. The fourth-order valence-electron chi connectivity index (χ4n) is 2.68. The number of hydrogen-bond donors (Lipinski definition) is 2. The predicted octanol–water partition coefficient (Wildman–Crippen LogP) is 3.99. The molecule has 2 rings (SSSR count). The average molecular weight is 471 g/mol. The van der Waals surface area contributed by atoms with Crippen LogP contribution in [0.4, 0.5) is 13.2 Å². The number of nitrogens with zero attached hydrogens (tertiary/aromatic N) is 1. The molecule has 0 unspecified atom stereocenters. The van der Waals surface area contributed by atoms with E-state index in [4.69, 9.17) is 0 Å². The summed E-state index contributed by atoms with van der Waals surface area (Å²) < 4.78 is 40.7. The van der Waals surface area contributed by atoms with Gasteiger partial charge >= 0.3 is 6.18 Å². The van der Waals surface area contributed by atoms with Gasteiger partial charge < -0.3 is 15.4 Å². The highest BCUT2D eigenvalue weighted by atomic mass is 127. The van der Waals surface area contributed by atoms with Gasteiger partial charge in [-0.3, -0.25) is 4.99 Å². The summed E-state index contributed by atoms with van der Waals surface area (Å²) in [5.41, 5.74) is 1.75. The van der Waals surface area contributed by atoms with Crippen molar-refractivity contribution in [2.45, 2.75) is 51.1 Å². The second-order valence-corrected chi connectivity index (χ2v) is 5.98. The van der Waals surface area contributed by atoms with Crippen molar-refractivity contribution in [3.05, 3.63) is 35.4 Å². The van der Waals surface area contributed by atoms with Crippen molar-refractivity contribution in [2.24, 2.45) is 4.99 Å². The molecule has 0 spiro atoms. The van der Waals surface area contributed by atoms with Crippen LogP contribution in [0.2, 0.25) is 0 Å². The van der Waals surface area contributed by atoms with Crippen LogP contribution in [0.5, 0.6) is 0 Å². The minimum atomic E-state index is -4.29. The number of halogens is 4. The van der Waals surface area contributed by atoms with Crippen LogP contribution in [0.15, 0.2) is 29.3 Å². The molecule has 1 fully saturated rings. The van der Waals surface area contributed by atoms with Gasteiger partial charge in [-0.25, -0.2) is 0 Å². The Balaban J connectivity index is 0.00000312. The molecule has 0 radical (unpaired) electrons. The maximum Gasteiger partial charge on any atom is 0.411 e. The number of alkyl halides is 3. The third kappa shape index (κ3) is 8.75. The molecule has 1 saturated carbocycles. The van der Waals surface area contributed by atoms with Crippen molar-refractivity contribution < 1.29 is 17.9 Å². The predicted molar refractivity (Wildman–Crippen MR) is 103 cm³/mol. The highest BCUT2D eigenvalue weighted by Crippen LogP contribution is 2.17. The van der Waals surface area contributed by atoms with Crippen LogP contribution in [0.25, 0.3) is 0 Å². The van der Waals surface area contributed by atoms with Gasteiger partial charge in [0.2, 0.25) is 0 Å². The topological polar surface area (TPSA) is 45.7 Å². The van der Waals surface area contributed by atoms with Crippen LogP contribution < -0.4 is 10.6 Å². The first kappa shape index (κ1) is 22.0. The lowest BCUT2D eigenvalue weighted by Gasteiger charge is -2.17. The number of nitrogens with one attached hydrogen (secondary N) is 2. The molecular weight excluding hydrogens is 446 g/mol. The minimum Gasteiger partial charge on any atom is -0.367 e. The van der Waals surface area contributed by atoms with Crippen molar-refractivity contribution >= 4 is 29.9 Å². The first-order chi connectivity index (χ1) is 11.5. The standard InChI is InChI=1S/C17H24F3N3O.HI/c1-21-16(23-15-4-2-3-5-15)22-10-13-6-8-14(9-7-13)11-24-12-17(18,19)20;/h6-9,15H,2-5,10-12H2,1H3,(H2,21,22,23);1H. The van der Waals surface area contributed by atoms with Crippen molar-refractivity contribution in [1.82, 2.24) is 10.6 Å². The lowest BCUT2D eigenvalue weighted by atomic mass is 10.1. The van der Waals surface area contributed by atoms with Crippen molar-refractivity contribution in [3.8, 4) is 0 Å². The molecule has 142 valence electrons. The van der Waals surface area contributed by atoms with Gasteiger partial charge in [0.25, 0.3) is 0 Å². The molecule has 1 aromatic rings. The molecule has 0 amide bonds. The van der Waals surface area contributed by atoms with Crippen molar-refractivity contribution in [3.63, 3.8) is 0 Å². The van der Waals surface area contributed by atoms with Gasteiger partial charge in [-0.05, 0) is 24.0 Å². The van der Waals surface area contributed by atoms with Crippen LogP contribution in [-0.2, 0) is 17.9 Å². The summed E-state index contributed by atoms with van der Waals surface area (Å²) in [7, 11) is 1.74. The molecule has 25 heavy (non-hydrogen) atoms. The number of aliphatic imine (C=N–C) groups is 1. The lowest BCUT2D eigenvalue weighted by Crippen LogP contribution is -2.41. The zero-order valence-electron chi connectivity index (χ0n) is 14.2. The van der Waals surface area contributed by atoms with Gasteiger partial charge in [0.15, 0.2) is 5.96 Å². The molecule has 1 aromatic carbocycles. The quantitative estimate of drug-likeness (QED) is 0.375. The highest BCUT2D eigenvalue weighted by Gasteiger charge is 2.27. The van der Waals surface area contributed by atoms with Crippen LogP contribution in [0, 0.1) is 0 Å². The molecule has 1 aliphatic carbocycles. The monoisotopic (exact) mass is 471 g/mol. The second kappa shape index (κ2) is 10.8. The summed E-state index contributed by atoms with van der Waals surface area (Å²) in [5.74, 6) is 0.777. The number of guanidine groups is 1. The zero-order chi connectivity index (χ0) is 17.4. The van der Waals surface area contributed by atoms with E-state index in [2.05, 4.69) is 20.4 Å². The maximum absolute atomic E-state index is 12.0. The van der Waals surface area contributed by atoms with Gasteiger partial charge in [-0.1, -0.05) is 37.1 Å². The lowest BCUT2D eigenvalue weighted by molar-refractivity contribution is -0.176. The first-order valence-corrected chi connectivity index (χ1v) is 8.16. The van der Waals surface area contributed by atoms with E-state index < -0.39 is 12.8 Å². The molecule has 4 nitrogen and oxygen atoms in total. The summed E-state index contributed by atoms with van der Waals surface area (Å²) in [6.45, 7) is -0.659. The number of rotatable bonds is 6. The molecule has 0 aliphatic heterocycles. The number of hydrogen-bond acceptors (Lipinski definition) is 2. The molecule has 8 heteroatoms. The van der Waals surface area contributed by atoms with E-state index >= 15 is 0 Å². The molecule has 0 atom stereocenters. The molecule has 0 heterocycles. The van der Waals surface area contributed by atoms with E-state index in [0.717, 1.165) is 17.1 Å². The van der Waals surface area contributed by atoms with Crippen molar-refractivity contribution in [2.75, 3.05) is 13.7 Å². The van der Waals surface area contributed by atoms with E-state index in [1.165, 1.54) is 25.7 Å². The minimum absolute atomic E-state index is 0. The summed E-state index contributed by atoms with van der Waals surface area (Å²) in [4.78, 5) is 4.22. The van der Waals surface area contributed by atoms with E-state index in [0.29, 0.717) is 12.6 Å². The Morgan fingerprint density at radius 3 is 2.32 bits per heavy atom. The Morgan fingerprint density at radius 1 is 1.16 bits per heavy atom. The second-order valence-electron chi connectivity index (χ2n) is 5.98. The Bertz CT molecular complexity index is 529. The van der Waals surface area contributed by atoms with Gasteiger partial charge in [0.1, 0.15) is 6.61 Å². The smallest absolute Gasteiger partial charge is 0.367 e.